The molecule has 2 rings (SSSR count). The van der Waals surface area contributed by atoms with E-state index in [1.165, 1.54) is 4.90 Å². The average Bonchev–Trinajstić information content (AvgIpc) is 2.65. The number of ketones is 1. The number of hydrogen-bond donors (Lipinski definition) is 0. The van der Waals surface area contributed by atoms with E-state index in [4.69, 9.17) is 0 Å². The number of nitrogens with zero attached hydrogens (tertiary/aromatic N) is 1. The third kappa shape index (κ3) is 3.33. The molecule has 0 spiro atoms. The van der Waals surface area contributed by atoms with E-state index in [1.807, 2.05) is 12.1 Å². The van der Waals surface area contributed by atoms with Gasteiger partial charge in [0.05, 0.1) is 0 Å². The number of benzene rings is 1. The molecule has 1 heterocycles. The van der Waals surface area contributed by atoms with Crippen LogP contribution in [0.3, 0.4) is 0 Å². The van der Waals surface area contributed by atoms with Gasteiger partial charge in [-0.3, -0.25) is 19.3 Å². The molecule has 1 unspecified atom stereocenters. The molecular formula is C15H16BrNO3. The van der Waals surface area contributed by atoms with Crippen LogP contribution in [0.5, 0.6) is 0 Å². The van der Waals surface area contributed by atoms with Crippen molar-refractivity contribution in [1.82, 2.24) is 4.90 Å². The summed E-state index contributed by atoms with van der Waals surface area (Å²) in [6.07, 6.45) is 1.14. The van der Waals surface area contributed by atoms with Crippen molar-refractivity contribution in [1.29, 1.82) is 0 Å². The largest absolute Gasteiger partial charge is 0.294 e. The van der Waals surface area contributed by atoms with Crippen LogP contribution in [0.1, 0.15) is 36.5 Å². The molecule has 5 heteroatoms. The molecule has 0 aromatic heterocycles. The third-order valence-electron chi connectivity index (χ3n) is 3.42. The summed E-state index contributed by atoms with van der Waals surface area (Å²) < 4.78 is 0.927. The maximum absolute atomic E-state index is 12.0. The van der Waals surface area contributed by atoms with Crippen LogP contribution in [0.25, 0.3) is 0 Å². The lowest BCUT2D eigenvalue weighted by Crippen LogP contribution is -2.31. The van der Waals surface area contributed by atoms with Crippen molar-refractivity contribution in [2.45, 2.75) is 26.2 Å². The molecule has 0 aliphatic carbocycles. The number of amides is 2. The fraction of sp³-hybridized carbons (Fsp3) is 0.400. The van der Waals surface area contributed by atoms with Crippen LogP contribution in [0, 0.1) is 5.92 Å². The van der Waals surface area contributed by atoms with E-state index in [1.54, 1.807) is 19.1 Å². The van der Waals surface area contributed by atoms with Gasteiger partial charge in [0.25, 0.3) is 0 Å². The zero-order chi connectivity index (χ0) is 14.7. The standard InChI is InChI=1S/C15H16BrNO3/c1-10-9-14(19)17(15(10)20)8-2-3-13(18)11-4-6-12(16)7-5-11/h4-7,10H,2-3,8-9H2,1H3. The van der Waals surface area contributed by atoms with Crippen LogP contribution >= 0.6 is 15.9 Å². The Labute approximate surface area is 126 Å². The quantitative estimate of drug-likeness (QED) is 0.613. The van der Waals surface area contributed by atoms with Gasteiger partial charge in [-0.1, -0.05) is 35.0 Å². The molecule has 1 aliphatic heterocycles. The summed E-state index contributed by atoms with van der Waals surface area (Å²) in [6.45, 7) is 2.09. The highest BCUT2D eigenvalue weighted by Crippen LogP contribution is 2.19. The number of imide groups is 1. The zero-order valence-corrected chi connectivity index (χ0v) is 12.9. The maximum atomic E-state index is 12.0. The lowest BCUT2D eigenvalue weighted by Gasteiger charge is -2.13. The van der Waals surface area contributed by atoms with E-state index in [-0.39, 0.29) is 23.5 Å². The second-order valence-electron chi connectivity index (χ2n) is 5.02. The Bertz CT molecular complexity index is 539. The smallest absolute Gasteiger partial charge is 0.232 e. The summed E-state index contributed by atoms with van der Waals surface area (Å²) in [5.41, 5.74) is 0.653. The van der Waals surface area contributed by atoms with Gasteiger partial charge in [0, 0.05) is 35.3 Å². The van der Waals surface area contributed by atoms with Gasteiger partial charge in [-0.05, 0) is 18.6 Å². The molecule has 106 valence electrons. The number of carbonyl (C=O) groups is 3. The van der Waals surface area contributed by atoms with Crippen molar-refractivity contribution >= 4 is 33.5 Å². The van der Waals surface area contributed by atoms with Gasteiger partial charge >= 0.3 is 0 Å². The summed E-state index contributed by atoms with van der Waals surface area (Å²) in [4.78, 5) is 36.5. The number of likely N-dealkylation sites (tertiary alicyclic amines) is 1. The highest BCUT2D eigenvalue weighted by molar-refractivity contribution is 9.10. The maximum Gasteiger partial charge on any atom is 0.232 e. The normalized spacial score (nSPS) is 18.7. The SMILES string of the molecule is CC1CC(=O)N(CCCC(=O)c2ccc(Br)cc2)C1=O. The van der Waals surface area contributed by atoms with Crippen LogP contribution in [0.4, 0.5) is 0 Å². The lowest BCUT2D eigenvalue weighted by atomic mass is 10.1. The van der Waals surface area contributed by atoms with Crippen molar-refractivity contribution in [3.8, 4) is 0 Å². The second kappa shape index (κ2) is 6.31. The molecule has 20 heavy (non-hydrogen) atoms. The van der Waals surface area contributed by atoms with Gasteiger partial charge in [0.1, 0.15) is 0 Å². The average molecular weight is 338 g/mol. The Morgan fingerprint density at radius 1 is 1.30 bits per heavy atom. The molecule has 1 fully saturated rings. The van der Waals surface area contributed by atoms with Crippen molar-refractivity contribution in [2.75, 3.05) is 6.54 Å². The summed E-state index contributed by atoms with van der Waals surface area (Å²) in [5.74, 6) is -0.431. The Balaban J connectivity index is 1.84. The van der Waals surface area contributed by atoms with Gasteiger partial charge in [0.15, 0.2) is 5.78 Å². The predicted octanol–water partition coefficient (Wildman–Crippen LogP) is 2.81. The van der Waals surface area contributed by atoms with E-state index in [2.05, 4.69) is 15.9 Å². The van der Waals surface area contributed by atoms with Crippen LogP contribution < -0.4 is 0 Å². The van der Waals surface area contributed by atoms with Crippen LogP contribution in [-0.4, -0.2) is 29.0 Å². The topological polar surface area (TPSA) is 54.5 Å². The molecular weight excluding hydrogens is 322 g/mol. The number of carbonyl (C=O) groups excluding carboxylic acids is 3. The number of rotatable bonds is 5. The number of hydrogen-bond acceptors (Lipinski definition) is 3. The first-order chi connectivity index (χ1) is 9.49. The van der Waals surface area contributed by atoms with Gasteiger partial charge in [-0.2, -0.15) is 0 Å². The van der Waals surface area contributed by atoms with E-state index < -0.39 is 0 Å². The summed E-state index contributed by atoms with van der Waals surface area (Å²) in [5, 5.41) is 0. The molecule has 4 nitrogen and oxygen atoms in total. The minimum Gasteiger partial charge on any atom is -0.294 e. The number of halogens is 1. The van der Waals surface area contributed by atoms with Crippen molar-refractivity contribution in [3.63, 3.8) is 0 Å². The van der Waals surface area contributed by atoms with Crippen molar-refractivity contribution < 1.29 is 14.4 Å². The predicted molar refractivity (Wildman–Crippen MR) is 78.2 cm³/mol. The van der Waals surface area contributed by atoms with Crippen molar-refractivity contribution in [3.05, 3.63) is 34.3 Å². The highest BCUT2D eigenvalue weighted by atomic mass is 79.9. The summed E-state index contributed by atoms with van der Waals surface area (Å²) in [7, 11) is 0. The molecule has 0 saturated carbocycles. The van der Waals surface area contributed by atoms with Crippen LogP contribution in [0.15, 0.2) is 28.7 Å². The van der Waals surface area contributed by atoms with E-state index in [0.29, 0.717) is 31.4 Å². The monoisotopic (exact) mass is 337 g/mol. The molecule has 0 radical (unpaired) electrons. The van der Waals surface area contributed by atoms with E-state index >= 15 is 0 Å². The molecule has 1 aromatic carbocycles. The fourth-order valence-corrected chi connectivity index (χ4v) is 2.53. The minimum atomic E-state index is -0.218. The molecule has 0 N–H and O–H groups in total. The first kappa shape index (κ1) is 14.9. The van der Waals surface area contributed by atoms with Gasteiger partial charge in [0.2, 0.25) is 11.8 Å². The minimum absolute atomic E-state index is 0.0321. The Hall–Kier alpha value is -1.49. The van der Waals surface area contributed by atoms with E-state index in [9.17, 15) is 14.4 Å². The fourth-order valence-electron chi connectivity index (χ4n) is 2.26. The summed E-state index contributed by atoms with van der Waals surface area (Å²) >= 11 is 3.32. The second-order valence-corrected chi connectivity index (χ2v) is 5.94. The van der Waals surface area contributed by atoms with Gasteiger partial charge in [-0.15, -0.1) is 0 Å². The molecule has 1 saturated heterocycles. The Morgan fingerprint density at radius 2 is 1.95 bits per heavy atom. The molecule has 2 amide bonds. The van der Waals surface area contributed by atoms with E-state index in [0.717, 1.165) is 4.47 Å². The third-order valence-corrected chi connectivity index (χ3v) is 3.95. The van der Waals surface area contributed by atoms with Crippen LogP contribution in [-0.2, 0) is 9.59 Å². The highest BCUT2D eigenvalue weighted by Gasteiger charge is 2.34. The molecule has 1 aromatic rings. The van der Waals surface area contributed by atoms with Crippen LogP contribution in [0.2, 0.25) is 0 Å². The summed E-state index contributed by atoms with van der Waals surface area (Å²) in [6, 6.07) is 7.17. The van der Waals surface area contributed by atoms with Gasteiger partial charge < -0.3 is 0 Å². The van der Waals surface area contributed by atoms with Crippen molar-refractivity contribution in [2.24, 2.45) is 5.92 Å². The number of Topliss-reactive ketones (excluding diaryl/α,β-unsaturated/α-hetero) is 1. The molecule has 1 atom stereocenters. The van der Waals surface area contributed by atoms with Gasteiger partial charge in [-0.25, -0.2) is 0 Å². The lowest BCUT2D eigenvalue weighted by molar-refractivity contribution is -0.139. The first-order valence-corrected chi connectivity index (χ1v) is 7.41. The molecule has 0 bridgehead atoms. The Morgan fingerprint density at radius 3 is 2.50 bits per heavy atom. The molecule has 1 aliphatic rings. The zero-order valence-electron chi connectivity index (χ0n) is 11.3. The first-order valence-electron chi connectivity index (χ1n) is 6.62. The Kier molecular flexibility index (Phi) is 4.70.